The summed E-state index contributed by atoms with van der Waals surface area (Å²) in [6.45, 7) is 12.4. The molecule has 4 aromatic heterocycles. The molecule has 0 atom stereocenters. The van der Waals surface area contributed by atoms with Crippen LogP contribution in [-0.2, 0) is 0 Å². The zero-order valence-electron chi connectivity index (χ0n) is 17.3. The van der Waals surface area contributed by atoms with E-state index in [2.05, 4.69) is 72.5 Å². The molecule has 0 spiro atoms. The Hall–Kier alpha value is -1.96. The molecule has 4 heterocycles. The third-order valence-electron chi connectivity index (χ3n) is 5.11. The van der Waals surface area contributed by atoms with Gasteiger partial charge in [-0.2, -0.15) is 0 Å². The van der Waals surface area contributed by atoms with Crippen LogP contribution in [0, 0.1) is 0 Å². The van der Waals surface area contributed by atoms with Crippen LogP contribution in [0.3, 0.4) is 0 Å². The highest BCUT2D eigenvalue weighted by Crippen LogP contribution is 2.46. The van der Waals surface area contributed by atoms with E-state index in [1.807, 2.05) is 11.3 Å². The van der Waals surface area contributed by atoms with Crippen molar-refractivity contribution in [3.8, 4) is 19.5 Å². The van der Waals surface area contributed by atoms with Crippen LogP contribution in [-0.4, -0.2) is 36.1 Å². The fourth-order valence-corrected chi connectivity index (χ4v) is 6.44. The van der Waals surface area contributed by atoms with Crippen LogP contribution in [0.2, 0.25) is 0 Å². The zero-order chi connectivity index (χ0) is 20.4. The standard InChI is InChI=1S/C22H26N4S3/c1-5-25(6-2)21-22(26(7-3)8-4)24-18-17(23-21)19(15-11-9-13-27-15)29-20(18)16-12-10-14-28-16/h9-14H,5-8H2,1-4H3. The number of anilines is 2. The van der Waals surface area contributed by atoms with Crippen LogP contribution < -0.4 is 9.80 Å². The number of rotatable bonds is 8. The lowest BCUT2D eigenvalue weighted by Crippen LogP contribution is -2.30. The van der Waals surface area contributed by atoms with Crippen molar-refractivity contribution in [3.63, 3.8) is 0 Å². The maximum absolute atomic E-state index is 5.26. The van der Waals surface area contributed by atoms with Gasteiger partial charge in [-0.3, -0.25) is 0 Å². The number of fused-ring (bicyclic) bond motifs is 1. The predicted octanol–water partition coefficient (Wildman–Crippen LogP) is 6.84. The van der Waals surface area contributed by atoms with Crippen molar-refractivity contribution < 1.29 is 0 Å². The van der Waals surface area contributed by atoms with Crippen LogP contribution in [0.5, 0.6) is 0 Å². The summed E-state index contributed by atoms with van der Waals surface area (Å²) >= 11 is 5.36. The van der Waals surface area contributed by atoms with E-state index in [-0.39, 0.29) is 0 Å². The third-order valence-corrected chi connectivity index (χ3v) is 8.38. The Morgan fingerprint density at radius 1 is 0.690 bits per heavy atom. The van der Waals surface area contributed by atoms with Crippen molar-refractivity contribution >= 4 is 56.7 Å². The Morgan fingerprint density at radius 2 is 1.10 bits per heavy atom. The molecule has 0 fully saturated rings. The minimum atomic E-state index is 0.918. The third kappa shape index (κ3) is 3.67. The quantitative estimate of drug-likeness (QED) is 0.299. The van der Waals surface area contributed by atoms with Crippen LogP contribution >= 0.6 is 34.0 Å². The van der Waals surface area contributed by atoms with Crippen LogP contribution in [0.1, 0.15) is 27.7 Å². The molecule has 0 aliphatic heterocycles. The molecule has 0 saturated heterocycles. The van der Waals surface area contributed by atoms with E-state index in [1.165, 1.54) is 19.5 Å². The second-order valence-electron chi connectivity index (χ2n) is 6.63. The fraction of sp³-hybridized carbons (Fsp3) is 0.364. The van der Waals surface area contributed by atoms with E-state index in [0.717, 1.165) is 48.8 Å². The van der Waals surface area contributed by atoms with Crippen molar-refractivity contribution in [2.24, 2.45) is 0 Å². The van der Waals surface area contributed by atoms with Gasteiger partial charge in [0.2, 0.25) is 0 Å². The first-order valence-electron chi connectivity index (χ1n) is 10.1. The van der Waals surface area contributed by atoms with Gasteiger partial charge < -0.3 is 9.80 Å². The van der Waals surface area contributed by atoms with E-state index in [4.69, 9.17) is 9.97 Å². The summed E-state index contributed by atoms with van der Waals surface area (Å²) in [5.74, 6) is 2.00. The molecule has 7 heteroatoms. The minimum Gasteiger partial charge on any atom is -0.354 e. The van der Waals surface area contributed by atoms with Gasteiger partial charge in [0, 0.05) is 35.9 Å². The number of hydrogen-bond donors (Lipinski definition) is 0. The summed E-state index contributed by atoms with van der Waals surface area (Å²) in [5, 5.41) is 4.27. The first kappa shape index (κ1) is 20.3. The van der Waals surface area contributed by atoms with E-state index in [0.29, 0.717) is 0 Å². The molecular formula is C22H26N4S3. The molecule has 0 aliphatic carbocycles. The van der Waals surface area contributed by atoms with Crippen molar-refractivity contribution in [3.05, 3.63) is 35.0 Å². The van der Waals surface area contributed by atoms with Gasteiger partial charge in [-0.25, -0.2) is 9.97 Å². The normalized spacial score (nSPS) is 11.3. The molecule has 0 aliphatic rings. The van der Waals surface area contributed by atoms with Gasteiger partial charge >= 0.3 is 0 Å². The summed E-state index contributed by atoms with van der Waals surface area (Å²) in [5.41, 5.74) is 2.05. The Morgan fingerprint density at radius 3 is 1.41 bits per heavy atom. The monoisotopic (exact) mass is 442 g/mol. The van der Waals surface area contributed by atoms with Crippen LogP contribution in [0.15, 0.2) is 35.0 Å². The first-order chi connectivity index (χ1) is 14.2. The molecule has 0 aromatic carbocycles. The minimum absolute atomic E-state index is 0.918. The Kier molecular flexibility index (Phi) is 6.18. The molecule has 152 valence electrons. The zero-order valence-corrected chi connectivity index (χ0v) is 19.8. The van der Waals surface area contributed by atoms with Gasteiger partial charge in [0.1, 0.15) is 11.0 Å². The number of hydrogen-bond acceptors (Lipinski definition) is 7. The largest absolute Gasteiger partial charge is 0.354 e. The number of aromatic nitrogens is 2. The molecule has 0 radical (unpaired) electrons. The van der Waals surface area contributed by atoms with Gasteiger partial charge in [-0.15, -0.1) is 34.0 Å². The molecule has 4 rings (SSSR count). The Labute approximate surface area is 184 Å². The van der Waals surface area contributed by atoms with E-state index in [1.54, 1.807) is 22.7 Å². The van der Waals surface area contributed by atoms with E-state index >= 15 is 0 Å². The molecule has 29 heavy (non-hydrogen) atoms. The van der Waals surface area contributed by atoms with E-state index < -0.39 is 0 Å². The number of nitrogens with zero attached hydrogens (tertiary/aromatic N) is 4. The van der Waals surface area contributed by atoms with Gasteiger partial charge in [-0.1, -0.05) is 12.1 Å². The summed E-state index contributed by atoms with van der Waals surface area (Å²) in [6.07, 6.45) is 0. The van der Waals surface area contributed by atoms with Crippen LogP contribution in [0.4, 0.5) is 11.6 Å². The maximum Gasteiger partial charge on any atom is 0.172 e. The van der Waals surface area contributed by atoms with Gasteiger partial charge in [0.15, 0.2) is 11.6 Å². The Bertz CT molecular complexity index is 975. The highest BCUT2D eigenvalue weighted by Gasteiger charge is 2.24. The lowest BCUT2D eigenvalue weighted by atomic mass is 10.2. The summed E-state index contributed by atoms with van der Waals surface area (Å²) in [7, 11) is 0. The molecule has 0 N–H and O–H groups in total. The summed E-state index contributed by atoms with van der Waals surface area (Å²) in [4.78, 5) is 20.1. The average molecular weight is 443 g/mol. The van der Waals surface area contributed by atoms with Crippen molar-refractivity contribution in [1.29, 1.82) is 0 Å². The van der Waals surface area contributed by atoms with Crippen LogP contribution in [0.25, 0.3) is 30.5 Å². The van der Waals surface area contributed by atoms with Crippen molar-refractivity contribution in [2.75, 3.05) is 36.0 Å². The van der Waals surface area contributed by atoms with E-state index in [9.17, 15) is 0 Å². The predicted molar refractivity (Wildman–Crippen MR) is 131 cm³/mol. The van der Waals surface area contributed by atoms with Crippen molar-refractivity contribution in [1.82, 2.24) is 9.97 Å². The summed E-state index contributed by atoms with van der Waals surface area (Å²) < 4.78 is 0. The molecule has 0 bridgehead atoms. The second kappa shape index (κ2) is 8.81. The number of thiophene rings is 3. The van der Waals surface area contributed by atoms with Gasteiger partial charge in [0.25, 0.3) is 0 Å². The lowest BCUT2D eigenvalue weighted by molar-refractivity contribution is 0.807. The second-order valence-corrected chi connectivity index (χ2v) is 9.54. The summed E-state index contributed by atoms with van der Waals surface area (Å²) in [6, 6.07) is 8.59. The first-order valence-corrected chi connectivity index (χ1v) is 12.7. The fourth-order valence-electron chi connectivity index (χ4n) is 3.55. The lowest BCUT2D eigenvalue weighted by Gasteiger charge is -2.28. The highest BCUT2D eigenvalue weighted by atomic mass is 32.1. The maximum atomic E-state index is 5.26. The molecule has 4 nitrogen and oxygen atoms in total. The van der Waals surface area contributed by atoms with Gasteiger partial charge in [0.05, 0.1) is 9.75 Å². The molecule has 0 unspecified atom stereocenters. The molecule has 4 aromatic rings. The topological polar surface area (TPSA) is 32.3 Å². The SMILES string of the molecule is CCN(CC)c1nc2c(-c3cccs3)sc(-c3cccs3)c2nc1N(CC)CC. The Balaban J connectivity index is 2.05. The molecule has 0 amide bonds. The van der Waals surface area contributed by atoms with Gasteiger partial charge in [-0.05, 0) is 50.6 Å². The molecular weight excluding hydrogens is 416 g/mol. The van der Waals surface area contributed by atoms with Crippen molar-refractivity contribution in [2.45, 2.75) is 27.7 Å². The average Bonchev–Trinajstić information content (AvgIpc) is 3.50. The smallest absolute Gasteiger partial charge is 0.172 e. The highest BCUT2D eigenvalue weighted by molar-refractivity contribution is 7.27. The molecule has 0 saturated carbocycles.